The number of nitrogens with zero attached hydrogens (tertiary/aromatic N) is 4. The van der Waals surface area contributed by atoms with Gasteiger partial charge in [-0.15, -0.1) is 0 Å². The van der Waals surface area contributed by atoms with Gasteiger partial charge >= 0.3 is 0 Å². The second-order valence-corrected chi connectivity index (χ2v) is 6.17. The Morgan fingerprint density at radius 1 is 1.04 bits per heavy atom. The molecule has 0 bridgehead atoms. The van der Waals surface area contributed by atoms with E-state index in [2.05, 4.69) is 20.3 Å². The van der Waals surface area contributed by atoms with Gasteiger partial charge in [0.25, 0.3) is 0 Å². The number of fused-ring (bicyclic) bond motifs is 1. The number of benzene rings is 2. The first-order valence-corrected chi connectivity index (χ1v) is 8.19. The van der Waals surface area contributed by atoms with Gasteiger partial charge in [0.05, 0.1) is 11.0 Å². The quantitative estimate of drug-likeness (QED) is 0.565. The fourth-order valence-corrected chi connectivity index (χ4v) is 2.87. The number of hydrogen-bond donors (Lipinski definition) is 2. The number of imidazole rings is 1. The van der Waals surface area contributed by atoms with Crippen LogP contribution in [-0.4, -0.2) is 19.5 Å². The molecule has 0 amide bonds. The number of halogens is 2. The molecule has 0 saturated carbocycles. The number of hydrogen-bond acceptors (Lipinski definition) is 5. The van der Waals surface area contributed by atoms with Crippen LogP contribution in [-0.2, 0) is 0 Å². The zero-order valence-electron chi connectivity index (χ0n) is 13.7. The highest BCUT2D eigenvalue weighted by Crippen LogP contribution is 2.24. The van der Waals surface area contributed by atoms with Crippen molar-refractivity contribution in [2.45, 2.75) is 6.92 Å². The van der Waals surface area contributed by atoms with Crippen molar-refractivity contribution in [2.24, 2.45) is 0 Å². The van der Waals surface area contributed by atoms with Crippen molar-refractivity contribution in [3.63, 3.8) is 0 Å². The Kier molecular flexibility index (Phi) is 3.93. The molecule has 2 aromatic carbocycles. The van der Waals surface area contributed by atoms with Crippen molar-refractivity contribution in [1.82, 2.24) is 19.5 Å². The molecule has 130 valence electrons. The van der Waals surface area contributed by atoms with Crippen LogP contribution >= 0.6 is 11.6 Å². The van der Waals surface area contributed by atoms with Gasteiger partial charge in [-0.1, -0.05) is 11.6 Å². The van der Waals surface area contributed by atoms with E-state index in [0.29, 0.717) is 33.9 Å². The first-order valence-electron chi connectivity index (χ1n) is 7.82. The zero-order chi connectivity index (χ0) is 18.3. The lowest BCUT2D eigenvalue weighted by Gasteiger charge is -2.10. The van der Waals surface area contributed by atoms with Gasteiger partial charge in [0.2, 0.25) is 5.95 Å². The molecule has 0 saturated heterocycles. The van der Waals surface area contributed by atoms with Crippen LogP contribution in [0.15, 0.2) is 48.5 Å². The van der Waals surface area contributed by atoms with Crippen LogP contribution in [0.25, 0.3) is 16.9 Å². The molecular weight excluding hydrogens is 355 g/mol. The Balaban J connectivity index is 1.79. The molecule has 2 heterocycles. The SMILES string of the molecule is Cc1nc2cc(F)ccc2n1-c1cc(N)nc(Nc2ccc(Cl)cc2)n1. The standard InChI is InChI=1S/C18H14ClFN6/c1-10-22-14-8-12(20)4-7-15(14)26(10)17-9-16(21)24-18(25-17)23-13-5-2-11(19)3-6-13/h2-9H,1H3,(H3,21,23,24,25). The van der Waals surface area contributed by atoms with Gasteiger partial charge in [-0.25, -0.2) is 9.37 Å². The third kappa shape index (κ3) is 3.04. The number of rotatable bonds is 3. The summed E-state index contributed by atoms with van der Waals surface area (Å²) < 4.78 is 15.3. The first kappa shape index (κ1) is 16.3. The summed E-state index contributed by atoms with van der Waals surface area (Å²) in [4.78, 5) is 13.1. The molecule has 0 unspecified atom stereocenters. The molecule has 8 heteroatoms. The number of nitrogen functional groups attached to an aromatic ring is 1. The summed E-state index contributed by atoms with van der Waals surface area (Å²) in [7, 11) is 0. The van der Waals surface area contributed by atoms with Crippen LogP contribution < -0.4 is 11.1 Å². The van der Waals surface area contributed by atoms with Crippen LogP contribution in [0.5, 0.6) is 0 Å². The summed E-state index contributed by atoms with van der Waals surface area (Å²) in [5.74, 6) is 1.51. The number of nitrogens with two attached hydrogens (primary N) is 1. The van der Waals surface area contributed by atoms with Crippen LogP contribution in [0, 0.1) is 12.7 Å². The molecule has 6 nitrogen and oxygen atoms in total. The Hall–Kier alpha value is -3.19. The molecule has 0 spiro atoms. The first-order chi connectivity index (χ1) is 12.5. The molecule has 0 aliphatic heterocycles. The fraction of sp³-hybridized carbons (Fsp3) is 0.0556. The van der Waals surface area contributed by atoms with E-state index in [1.54, 1.807) is 28.8 Å². The van der Waals surface area contributed by atoms with Gasteiger partial charge in [0.15, 0.2) is 0 Å². The smallest absolute Gasteiger partial charge is 0.231 e. The zero-order valence-corrected chi connectivity index (χ0v) is 14.5. The fourth-order valence-electron chi connectivity index (χ4n) is 2.75. The lowest BCUT2D eigenvalue weighted by atomic mass is 10.3. The molecule has 0 atom stereocenters. The topological polar surface area (TPSA) is 81.7 Å². The summed E-state index contributed by atoms with van der Waals surface area (Å²) in [6, 6.07) is 13.2. The normalized spacial score (nSPS) is 11.0. The van der Waals surface area contributed by atoms with E-state index in [0.717, 1.165) is 11.2 Å². The van der Waals surface area contributed by atoms with E-state index in [9.17, 15) is 4.39 Å². The van der Waals surface area contributed by atoms with E-state index in [1.807, 2.05) is 19.1 Å². The number of aryl methyl sites for hydroxylation is 1. The highest BCUT2D eigenvalue weighted by molar-refractivity contribution is 6.30. The summed E-state index contributed by atoms with van der Waals surface area (Å²) in [6.45, 7) is 1.82. The van der Waals surface area contributed by atoms with Crippen LogP contribution in [0.1, 0.15) is 5.82 Å². The molecule has 2 aromatic heterocycles. The Morgan fingerprint density at radius 2 is 1.81 bits per heavy atom. The third-order valence-corrected chi connectivity index (χ3v) is 4.10. The van der Waals surface area contributed by atoms with Gasteiger partial charge < -0.3 is 11.1 Å². The molecule has 0 radical (unpaired) electrons. The largest absolute Gasteiger partial charge is 0.383 e. The second kappa shape index (κ2) is 6.27. The van der Waals surface area contributed by atoms with Crippen molar-refractivity contribution in [3.05, 3.63) is 65.2 Å². The number of aromatic nitrogens is 4. The predicted octanol–water partition coefficient (Wildman–Crippen LogP) is 4.24. The predicted molar refractivity (Wildman–Crippen MR) is 101 cm³/mol. The van der Waals surface area contributed by atoms with E-state index < -0.39 is 0 Å². The Bertz CT molecular complexity index is 1110. The summed E-state index contributed by atoms with van der Waals surface area (Å²) in [5, 5.41) is 3.73. The molecule has 0 fully saturated rings. The highest BCUT2D eigenvalue weighted by atomic mass is 35.5. The summed E-state index contributed by atoms with van der Waals surface area (Å²) in [5.41, 5.74) is 8.02. The average molecular weight is 369 g/mol. The van der Waals surface area contributed by atoms with E-state index in [1.165, 1.54) is 12.1 Å². The van der Waals surface area contributed by atoms with Crippen LogP contribution in [0.3, 0.4) is 0 Å². The minimum atomic E-state index is -0.338. The molecular formula is C18H14ClFN6. The molecule has 3 N–H and O–H groups in total. The van der Waals surface area contributed by atoms with E-state index in [4.69, 9.17) is 17.3 Å². The Labute approximate surface area is 153 Å². The molecule has 0 aliphatic carbocycles. The summed E-state index contributed by atoms with van der Waals surface area (Å²) in [6.07, 6.45) is 0. The maximum Gasteiger partial charge on any atom is 0.231 e. The van der Waals surface area contributed by atoms with E-state index >= 15 is 0 Å². The molecule has 4 aromatic rings. The van der Waals surface area contributed by atoms with Gasteiger partial charge in [0.1, 0.15) is 23.3 Å². The lowest BCUT2D eigenvalue weighted by molar-refractivity contribution is 0.629. The average Bonchev–Trinajstić information content (AvgIpc) is 2.91. The number of nitrogens with one attached hydrogen (secondary N) is 1. The van der Waals surface area contributed by atoms with Gasteiger partial charge in [-0.3, -0.25) is 4.57 Å². The lowest BCUT2D eigenvalue weighted by Crippen LogP contribution is -2.06. The third-order valence-electron chi connectivity index (χ3n) is 3.85. The van der Waals surface area contributed by atoms with Gasteiger partial charge in [0, 0.05) is 22.8 Å². The van der Waals surface area contributed by atoms with Crippen molar-refractivity contribution < 1.29 is 4.39 Å². The van der Waals surface area contributed by atoms with Crippen molar-refractivity contribution in [2.75, 3.05) is 11.1 Å². The van der Waals surface area contributed by atoms with Crippen molar-refractivity contribution in [3.8, 4) is 5.82 Å². The van der Waals surface area contributed by atoms with Gasteiger partial charge in [-0.05, 0) is 43.3 Å². The monoisotopic (exact) mass is 368 g/mol. The Morgan fingerprint density at radius 3 is 2.58 bits per heavy atom. The minimum Gasteiger partial charge on any atom is -0.383 e. The summed E-state index contributed by atoms with van der Waals surface area (Å²) >= 11 is 5.90. The van der Waals surface area contributed by atoms with E-state index in [-0.39, 0.29) is 5.82 Å². The van der Waals surface area contributed by atoms with Crippen molar-refractivity contribution >= 4 is 40.1 Å². The maximum atomic E-state index is 13.5. The maximum absolute atomic E-state index is 13.5. The molecule has 26 heavy (non-hydrogen) atoms. The highest BCUT2D eigenvalue weighted by Gasteiger charge is 2.13. The van der Waals surface area contributed by atoms with Crippen molar-refractivity contribution in [1.29, 1.82) is 0 Å². The molecule has 4 rings (SSSR count). The molecule has 0 aliphatic rings. The van der Waals surface area contributed by atoms with Gasteiger partial charge in [-0.2, -0.15) is 9.97 Å². The minimum absolute atomic E-state index is 0.301. The van der Waals surface area contributed by atoms with Crippen LogP contribution in [0.2, 0.25) is 5.02 Å². The van der Waals surface area contributed by atoms with Crippen LogP contribution in [0.4, 0.5) is 21.8 Å². The number of anilines is 3. The second-order valence-electron chi connectivity index (χ2n) is 5.73.